The van der Waals surface area contributed by atoms with Crippen molar-refractivity contribution in [2.75, 3.05) is 13.2 Å². The molecule has 0 aliphatic carbocycles. The van der Waals surface area contributed by atoms with E-state index in [2.05, 4.69) is 57.2 Å². The summed E-state index contributed by atoms with van der Waals surface area (Å²) in [5.41, 5.74) is 0. The molecule has 0 radical (unpaired) electrons. The lowest BCUT2D eigenvalue weighted by molar-refractivity contribution is -0.167. The summed E-state index contributed by atoms with van der Waals surface area (Å²) in [5, 5.41) is 0. The Labute approximate surface area is 518 Å². The maximum Gasteiger partial charge on any atom is 0.306 e. The van der Waals surface area contributed by atoms with Crippen LogP contribution in [0.2, 0.25) is 0 Å². The fraction of sp³-hybridized carbons (Fsp3) is 0.883. The number of hydrogen-bond acceptors (Lipinski definition) is 6. The molecule has 0 spiro atoms. The summed E-state index contributed by atoms with van der Waals surface area (Å²) in [7, 11) is 0. The monoisotopic (exact) mass is 1170 g/mol. The number of hydrogen-bond donors (Lipinski definition) is 0. The van der Waals surface area contributed by atoms with E-state index in [1.54, 1.807) is 0 Å². The van der Waals surface area contributed by atoms with E-state index in [0.717, 1.165) is 77.0 Å². The minimum Gasteiger partial charge on any atom is -0.462 e. The molecule has 0 aliphatic rings. The number of carbonyl (C=O) groups is 3. The van der Waals surface area contributed by atoms with E-state index in [4.69, 9.17) is 14.2 Å². The fourth-order valence-corrected chi connectivity index (χ4v) is 11.5. The third kappa shape index (κ3) is 70.3. The summed E-state index contributed by atoms with van der Waals surface area (Å²) >= 11 is 0. The Morgan fingerprint density at radius 3 is 0.699 bits per heavy atom. The highest BCUT2D eigenvalue weighted by Gasteiger charge is 2.20. The third-order valence-electron chi connectivity index (χ3n) is 17.1. The summed E-state index contributed by atoms with van der Waals surface area (Å²) < 4.78 is 17.0. The van der Waals surface area contributed by atoms with Crippen molar-refractivity contribution in [2.45, 2.75) is 425 Å². The van der Waals surface area contributed by atoms with Crippen molar-refractivity contribution >= 4 is 17.9 Å². The van der Waals surface area contributed by atoms with Crippen molar-refractivity contribution in [3.05, 3.63) is 36.5 Å². The van der Waals surface area contributed by atoms with Crippen LogP contribution in [0, 0.1) is 0 Å². The average molecular weight is 1170 g/mol. The fourth-order valence-electron chi connectivity index (χ4n) is 11.5. The zero-order valence-electron chi connectivity index (χ0n) is 56.2. The SMILES string of the molecule is CCCCC/C=C\C/C=C\C/C=C\CCCCCCCCC(=O)OC(COC(=O)CCCCCCCCCCCCCCCCCC)COC(=O)CCCCCCCCCCCCCCCCCCCCCCCCCCCCCCCC. The molecule has 0 bridgehead atoms. The molecule has 0 aromatic rings. The van der Waals surface area contributed by atoms with E-state index < -0.39 is 6.10 Å². The molecule has 0 heterocycles. The molecule has 488 valence electrons. The zero-order valence-corrected chi connectivity index (χ0v) is 56.2. The molecule has 0 aliphatic heterocycles. The van der Waals surface area contributed by atoms with E-state index in [0.29, 0.717) is 19.3 Å². The van der Waals surface area contributed by atoms with Crippen LogP contribution in [0.3, 0.4) is 0 Å². The van der Waals surface area contributed by atoms with Crippen LogP contribution in [-0.4, -0.2) is 37.2 Å². The highest BCUT2D eigenvalue weighted by Crippen LogP contribution is 2.19. The first kappa shape index (κ1) is 80.6. The Morgan fingerprint density at radius 1 is 0.241 bits per heavy atom. The second-order valence-electron chi connectivity index (χ2n) is 25.6. The molecule has 0 amide bonds. The molecule has 1 unspecified atom stereocenters. The molecule has 0 rings (SSSR count). The molecule has 0 saturated heterocycles. The van der Waals surface area contributed by atoms with Crippen LogP contribution in [0.4, 0.5) is 0 Å². The Kier molecular flexibility index (Phi) is 70.0. The normalized spacial score (nSPS) is 12.2. The molecule has 0 aromatic heterocycles. The van der Waals surface area contributed by atoms with Gasteiger partial charge in [0.15, 0.2) is 6.10 Å². The molecular weight excluding hydrogens is 1020 g/mol. The van der Waals surface area contributed by atoms with Crippen molar-refractivity contribution < 1.29 is 28.6 Å². The van der Waals surface area contributed by atoms with Gasteiger partial charge in [0.05, 0.1) is 0 Å². The lowest BCUT2D eigenvalue weighted by atomic mass is 10.0. The van der Waals surface area contributed by atoms with Crippen LogP contribution in [0.25, 0.3) is 0 Å². The van der Waals surface area contributed by atoms with Gasteiger partial charge in [-0.1, -0.05) is 378 Å². The van der Waals surface area contributed by atoms with Gasteiger partial charge in [-0.15, -0.1) is 0 Å². The number of esters is 3. The third-order valence-corrected chi connectivity index (χ3v) is 17.1. The van der Waals surface area contributed by atoms with Crippen LogP contribution >= 0.6 is 0 Å². The van der Waals surface area contributed by atoms with Crippen LogP contribution in [0.5, 0.6) is 0 Å². The lowest BCUT2D eigenvalue weighted by Crippen LogP contribution is -2.30. The predicted molar refractivity (Wildman–Crippen MR) is 362 cm³/mol. The van der Waals surface area contributed by atoms with Crippen LogP contribution in [0.15, 0.2) is 36.5 Å². The minimum absolute atomic E-state index is 0.0717. The minimum atomic E-state index is -0.777. The molecule has 0 N–H and O–H groups in total. The number of ether oxygens (including phenoxy) is 3. The second kappa shape index (κ2) is 72.1. The largest absolute Gasteiger partial charge is 0.462 e. The first-order valence-corrected chi connectivity index (χ1v) is 37.5. The van der Waals surface area contributed by atoms with Crippen molar-refractivity contribution in [1.29, 1.82) is 0 Å². The van der Waals surface area contributed by atoms with Gasteiger partial charge in [-0.05, 0) is 57.8 Å². The molecule has 0 fully saturated rings. The van der Waals surface area contributed by atoms with Crippen molar-refractivity contribution in [2.24, 2.45) is 0 Å². The Balaban J connectivity index is 4.21. The average Bonchev–Trinajstić information content (AvgIpc) is 3.49. The van der Waals surface area contributed by atoms with Gasteiger partial charge in [0.25, 0.3) is 0 Å². The zero-order chi connectivity index (χ0) is 59.9. The summed E-state index contributed by atoms with van der Waals surface area (Å²) in [4.78, 5) is 38.5. The first-order chi connectivity index (χ1) is 41.0. The number of rotatable bonds is 70. The summed E-state index contributed by atoms with van der Waals surface area (Å²) in [5.74, 6) is -0.851. The summed E-state index contributed by atoms with van der Waals surface area (Å²) in [6.07, 6.45) is 90.5. The summed E-state index contributed by atoms with van der Waals surface area (Å²) in [6, 6.07) is 0. The van der Waals surface area contributed by atoms with Crippen molar-refractivity contribution in [3.8, 4) is 0 Å². The maximum atomic E-state index is 13.0. The Hall–Kier alpha value is -2.37. The van der Waals surface area contributed by atoms with Crippen molar-refractivity contribution in [3.63, 3.8) is 0 Å². The standard InChI is InChI=1S/C77H144O6/c1-4-7-10-13-16-19-22-25-28-31-33-34-35-36-37-38-39-40-41-42-43-45-46-49-52-55-58-61-64-67-70-76(79)82-73-74(72-81-75(78)69-66-63-60-57-54-51-48-30-27-24-21-18-15-12-9-6-3)83-77(80)71-68-65-62-59-56-53-50-47-44-32-29-26-23-20-17-14-11-8-5-2/h17,20,26,29,44,47,74H,4-16,18-19,21-25,27-28,30-43,45-46,48-73H2,1-3H3/b20-17-,29-26-,47-44-. The first-order valence-electron chi connectivity index (χ1n) is 37.5. The van der Waals surface area contributed by atoms with Crippen LogP contribution in [-0.2, 0) is 28.6 Å². The topological polar surface area (TPSA) is 78.9 Å². The molecule has 83 heavy (non-hydrogen) atoms. The predicted octanol–water partition coefficient (Wildman–Crippen LogP) is 25.9. The van der Waals surface area contributed by atoms with Gasteiger partial charge in [0, 0.05) is 19.3 Å². The van der Waals surface area contributed by atoms with E-state index in [1.165, 1.54) is 302 Å². The van der Waals surface area contributed by atoms with Gasteiger partial charge in [-0.3, -0.25) is 14.4 Å². The second-order valence-corrected chi connectivity index (χ2v) is 25.6. The van der Waals surface area contributed by atoms with Gasteiger partial charge < -0.3 is 14.2 Å². The summed E-state index contributed by atoms with van der Waals surface area (Å²) in [6.45, 7) is 6.69. The Bertz CT molecular complexity index is 1380. The smallest absolute Gasteiger partial charge is 0.306 e. The van der Waals surface area contributed by atoms with Gasteiger partial charge in [-0.2, -0.15) is 0 Å². The molecule has 6 nitrogen and oxygen atoms in total. The van der Waals surface area contributed by atoms with Crippen LogP contribution < -0.4 is 0 Å². The highest BCUT2D eigenvalue weighted by atomic mass is 16.6. The van der Waals surface area contributed by atoms with Gasteiger partial charge in [0.1, 0.15) is 13.2 Å². The van der Waals surface area contributed by atoms with E-state index >= 15 is 0 Å². The van der Waals surface area contributed by atoms with E-state index in [9.17, 15) is 14.4 Å². The molecule has 0 saturated carbocycles. The van der Waals surface area contributed by atoms with Gasteiger partial charge >= 0.3 is 17.9 Å². The van der Waals surface area contributed by atoms with E-state index in [-0.39, 0.29) is 31.1 Å². The van der Waals surface area contributed by atoms with Crippen molar-refractivity contribution in [1.82, 2.24) is 0 Å². The number of carbonyl (C=O) groups excluding carboxylic acids is 3. The highest BCUT2D eigenvalue weighted by molar-refractivity contribution is 5.71. The number of allylic oxidation sites excluding steroid dienone is 6. The maximum absolute atomic E-state index is 13.0. The molecule has 1 atom stereocenters. The Morgan fingerprint density at radius 2 is 0.434 bits per heavy atom. The molecule has 0 aromatic carbocycles. The molecular formula is C77H144O6. The molecule has 6 heteroatoms. The van der Waals surface area contributed by atoms with Crippen LogP contribution in [0.1, 0.15) is 419 Å². The number of unbranched alkanes of at least 4 members (excludes halogenated alkanes) is 53. The quantitative estimate of drug-likeness (QED) is 0.0261. The van der Waals surface area contributed by atoms with Gasteiger partial charge in [-0.25, -0.2) is 0 Å². The van der Waals surface area contributed by atoms with Gasteiger partial charge in [0.2, 0.25) is 0 Å². The van der Waals surface area contributed by atoms with E-state index in [1.807, 2.05) is 0 Å². The lowest BCUT2D eigenvalue weighted by Gasteiger charge is -2.18.